The molecule has 0 N–H and O–H groups in total. The van der Waals surface area contributed by atoms with Crippen molar-refractivity contribution >= 4 is 17.4 Å². The summed E-state index contributed by atoms with van der Waals surface area (Å²) in [6.45, 7) is 0.759. The molecule has 3 rings (SSSR count). The van der Waals surface area contributed by atoms with Crippen LogP contribution in [0, 0.1) is 0 Å². The number of benzene rings is 1. The molecule has 19 heavy (non-hydrogen) atoms. The second-order valence-corrected chi connectivity index (χ2v) is 4.46. The van der Waals surface area contributed by atoms with Gasteiger partial charge in [0.2, 0.25) is 5.91 Å². The molecular weight excluding hydrogens is 244 g/mol. The Morgan fingerprint density at radius 2 is 2.16 bits per heavy atom. The van der Waals surface area contributed by atoms with Gasteiger partial charge in [0.05, 0.1) is 19.5 Å². The van der Waals surface area contributed by atoms with Gasteiger partial charge in [0.15, 0.2) is 5.78 Å². The minimum Gasteiger partial charge on any atom is -0.305 e. The van der Waals surface area contributed by atoms with Crippen LogP contribution in [0.2, 0.25) is 0 Å². The zero-order valence-corrected chi connectivity index (χ0v) is 10.2. The standard InChI is InChI=1S/C13H12N4O2/c18-12-5-13(19)17(7-12)11-3-1-2-10(4-11)6-16-9-14-8-15-16/h1-4,8-9H,5-7H2. The molecule has 1 aliphatic rings. The second kappa shape index (κ2) is 4.64. The van der Waals surface area contributed by atoms with Crippen LogP contribution in [-0.4, -0.2) is 33.0 Å². The molecule has 0 aliphatic carbocycles. The highest BCUT2D eigenvalue weighted by atomic mass is 16.2. The van der Waals surface area contributed by atoms with Gasteiger partial charge in [-0.2, -0.15) is 5.10 Å². The van der Waals surface area contributed by atoms with Gasteiger partial charge in [-0.3, -0.25) is 9.59 Å². The Balaban J connectivity index is 1.84. The van der Waals surface area contributed by atoms with Crippen molar-refractivity contribution in [2.75, 3.05) is 11.4 Å². The summed E-state index contributed by atoms with van der Waals surface area (Å²) in [5, 5.41) is 4.04. The van der Waals surface area contributed by atoms with E-state index < -0.39 is 0 Å². The van der Waals surface area contributed by atoms with E-state index in [-0.39, 0.29) is 24.7 Å². The molecular formula is C13H12N4O2. The zero-order chi connectivity index (χ0) is 13.2. The van der Waals surface area contributed by atoms with Crippen molar-refractivity contribution in [3.63, 3.8) is 0 Å². The summed E-state index contributed by atoms with van der Waals surface area (Å²) in [4.78, 5) is 28.4. The summed E-state index contributed by atoms with van der Waals surface area (Å²) in [7, 11) is 0. The quantitative estimate of drug-likeness (QED) is 0.755. The first-order valence-corrected chi connectivity index (χ1v) is 5.96. The molecule has 1 fully saturated rings. The number of aromatic nitrogens is 3. The van der Waals surface area contributed by atoms with Gasteiger partial charge in [-0.1, -0.05) is 12.1 Å². The number of carbonyl (C=O) groups excluding carboxylic acids is 2. The van der Waals surface area contributed by atoms with Crippen LogP contribution >= 0.6 is 0 Å². The van der Waals surface area contributed by atoms with Crippen LogP contribution in [0.25, 0.3) is 0 Å². The molecule has 0 atom stereocenters. The number of Topliss-reactive ketones (excluding diaryl/α,β-unsaturated/α-hetero) is 1. The van der Waals surface area contributed by atoms with E-state index in [4.69, 9.17) is 0 Å². The van der Waals surface area contributed by atoms with Crippen LogP contribution in [0.5, 0.6) is 0 Å². The molecule has 1 aliphatic heterocycles. The first kappa shape index (κ1) is 11.6. The van der Waals surface area contributed by atoms with E-state index in [0.29, 0.717) is 6.54 Å². The monoisotopic (exact) mass is 256 g/mol. The minimum absolute atomic E-state index is 0.00725. The Labute approximate surface area is 109 Å². The van der Waals surface area contributed by atoms with E-state index in [1.54, 1.807) is 11.0 Å². The molecule has 2 heterocycles. The van der Waals surface area contributed by atoms with Gasteiger partial charge in [-0.25, -0.2) is 9.67 Å². The molecule has 0 unspecified atom stereocenters. The number of anilines is 1. The van der Waals surface area contributed by atoms with Crippen LogP contribution in [-0.2, 0) is 16.1 Å². The maximum atomic E-state index is 11.7. The largest absolute Gasteiger partial charge is 0.305 e. The summed E-state index contributed by atoms with van der Waals surface area (Å²) in [5.74, 6) is -0.172. The molecule has 96 valence electrons. The molecule has 0 saturated carbocycles. The highest BCUT2D eigenvalue weighted by Crippen LogP contribution is 2.21. The van der Waals surface area contributed by atoms with Crippen molar-refractivity contribution in [2.45, 2.75) is 13.0 Å². The smallest absolute Gasteiger partial charge is 0.234 e. The van der Waals surface area contributed by atoms with Crippen molar-refractivity contribution < 1.29 is 9.59 Å². The maximum Gasteiger partial charge on any atom is 0.234 e. The first-order valence-electron chi connectivity index (χ1n) is 5.96. The van der Waals surface area contributed by atoms with E-state index in [0.717, 1.165) is 11.3 Å². The topological polar surface area (TPSA) is 68.1 Å². The van der Waals surface area contributed by atoms with Gasteiger partial charge in [-0.05, 0) is 17.7 Å². The van der Waals surface area contributed by atoms with Gasteiger partial charge in [-0.15, -0.1) is 0 Å². The lowest BCUT2D eigenvalue weighted by Gasteiger charge is -2.15. The highest BCUT2D eigenvalue weighted by molar-refractivity contribution is 6.15. The average Bonchev–Trinajstić information content (AvgIpc) is 2.99. The third kappa shape index (κ3) is 2.37. The molecule has 1 aromatic carbocycles. The Kier molecular flexibility index (Phi) is 2.83. The van der Waals surface area contributed by atoms with Crippen molar-refractivity contribution in [1.82, 2.24) is 14.8 Å². The fourth-order valence-electron chi connectivity index (χ4n) is 2.14. The lowest BCUT2D eigenvalue weighted by molar-refractivity contribution is -0.121. The zero-order valence-electron chi connectivity index (χ0n) is 10.2. The van der Waals surface area contributed by atoms with Crippen LogP contribution in [0.1, 0.15) is 12.0 Å². The normalized spacial score (nSPS) is 15.3. The Morgan fingerprint density at radius 1 is 1.26 bits per heavy atom. The molecule has 1 amide bonds. The number of carbonyl (C=O) groups is 2. The fourth-order valence-corrected chi connectivity index (χ4v) is 2.14. The Bertz CT molecular complexity index is 621. The second-order valence-electron chi connectivity index (χ2n) is 4.46. The lowest BCUT2D eigenvalue weighted by Crippen LogP contribution is -2.24. The number of nitrogens with zero attached hydrogens (tertiary/aromatic N) is 4. The molecule has 2 aromatic rings. The lowest BCUT2D eigenvalue weighted by atomic mass is 10.2. The molecule has 6 nitrogen and oxygen atoms in total. The summed E-state index contributed by atoms with van der Waals surface area (Å²) in [6.07, 6.45) is 3.12. The van der Waals surface area contributed by atoms with Crippen molar-refractivity contribution in [1.29, 1.82) is 0 Å². The summed E-state index contributed by atoms with van der Waals surface area (Å²) in [6, 6.07) is 7.56. The van der Waals surface area contributed by atoms with Crippen LogP contribution < -0.4 is 4.90 Å². The minimum atomic E-state index is -0.136. The predicted molar refractivity (Wildman–Crippen MR) is 67.5 cm³/mol. The average molecular weight is 256 g/mol. The molecule has 0 bridgehead atoms. The SMILES string of the molecule is O=C1CC(=O)N(c2cccc(Cn3cncn3)c2)C1. The van der Waals surface area contributed by atoms with Gasteiger partial charge >= 0.3 is 0 Å². The van der Waals surface area contributed by atoms with Crippen LogP contribution in [0.3, 0.4) is 0 Å². The molecule has 0 spiro atoms. The number of hydrogen-bond donors (Lipinski definition) is 0. The predicted octanol–water partition coefficient (Wildman–Crippen LogP) is 0.632. The number of hydrogen-bond acceptors (Lipinski definition) is 4. The molecule has 0 radical (unpaired) electrons. The first-order chi connectivity index (χ1) is 9.22. The Morgan fingerprint density at radius 3 is 2.84 bits per heavy atom. The van der Waals surface area contributed by atoms with Crippen LogP contribution in [0.4, 0.5) is 5.69 Å². The van der Waals surface area contributed by atoms with Crippen molar-refractivity contribution in [3.8, 4) is 0 Å². The number of rotatable bonds is 3. The molecule has 6 heteroatoms. The molecule has 1 aromatic heterocycles. The van der Waals surface area contributed by atoms with E-state index in [1.165, 1.54) is 11.2 Å². The summed E-state index contributed by atoms with van der Waals surface area (Å²) < 4.78 is 1.70. The third-order valence-corrected chi connectivity index (χ3v) is 3.02. The van der Waals surface area contributed by atoms with E-state index >= 15 is 0 Å². The van der Waals surface area contributed by atoms with E-state index in [1.807, 2.05) is 24.3 Å². The van der Waals surface area contributed by atoms with Crippen LogP contribution in [0.15, 0.2) is 36.9 Å². The van der Waals surface area contributed by atoms with Gasteiger partial charge in [0, 0.05) is 5.69 Å². The third-order valence-electron chi connectivity index (χ3n) is 3.02. The maximum absolute atomic E-state index is 11.7. The van der Waals surface area contributed by atoms with Gasteiger partial charge in [0.1, 0.15) is 12.7 Å². The van der Waals surface area contributed by atoms with Crippen molar-refractivity contribution in [3.05, 3.63) is 42.5 Å². The number of amides is 1. The summed E-state index contributed by atoms with van der Waals surface area (Å²) in [5.41, 5.74) is 1.77. The molecule has 1 saturated heterocycles. The van der Waals surface area contributed by atoms with Crippen molar-refractivity contribution in [2.24, 2.45) is 0 Å². The van der Waals surface area contributed by atoms with E-state index in [2.05, 4.69) is 10.1 Å². The fraction of sp³-hybridized carbons (Fsp3) is 0.231. The van der Waals surface area contributed by atoms with Gasteiger partial charge in [0.25, 0.3) is 0 Å². The Hall–Kier alpha value is -2.50. The van der Waals surface area contributed by atoms with Gasteiger partial charge < -0.3 is 4.90 Å². The highest BCUT2D eigenvalue weighted by Gasteiger charge is 2.28. The number of ketones is 1. The van der Waals surface area contributed by atoms with E-state index in [9.17, 15) is 9.59 Å². The summed E-state index contributed by atoms with van der Waals surface area (Å²) >= 11 is 0.